The van der Waals surface area contributed by atoms with Gasteiger partial charge in [0, 0.05) is 22.3 Å². The summed E-state index contributed by atoms with van der Waals surface area (Å²) in [5, 5.41) is 0. The van der Waals surface area contributed by atoms with Gasteiger partial charge in [0.25, 0.3) is 0 Å². The number of nitrogens with zero attached hydrogens (tertiary/aromatic N) is 2. The molecule has 0 fully saturated rings. The van der Waals surface area contributed by atoms with Crippen LogP contribution in [-0.4, -0.2) is 9.97 Å². The minimum absolute atomic E-state index is 0.0327. The van der Waals surface area contributed by atoms with E-state index in [-0.39, 0.29) is 17.9 Å². The van der Waals surface area contributed by atoms with E-state index in [0.29, 0.717) is 15.9 Å². The maximum atomic E-state index is 13.1. The number of alkyl halides is 3. The van der Waals surface area contributed by atoms with Crippen molar-refractivity contribution in [3.63, 3.8) is 0 Å². The predicted molar refractivity (Wildman–Crippen MR) is 72.8 cm³/mol. The van der Waals surface area contributed by atoms with Crippen LogP contribution in [0.2, 0.25) is 0 Å². The molecule has 0 spiro atoms. The highest BCUT2D eigenvalue weighted by atomic mass is 79.9. The van der Waals surface area contributed by atoms with Crippen molar-refractivity contribution in [2.75, 3.05) is 0 Å². The Morgan fingerprint density at radius 2 is 1.90 bits per heavy atom. The molecule has 0 aliphatic carbocycles. The lowest BCUT2D eigenvalue weighted by Gasteiger charge is -2.13. The van der Waals surface area contributed by atoms with Crippen molar-refractivity contribution in [3.8, 4) is 11.4 Å². The van der Waals surface area contributed by atoms with Crippen LogP contribution < -0.4 is 5.73 Å². The van der Waals surface area contributed by atoms with Crippen molar-refractivity contribution in [1.82, 2.24) is 9.97 Å². The van der Waals surface area contributed by atoms with E-state index in [4.69, 9.17) is 5.73 Å². The number of aromatic nitrogens is 2. The topological polar surface area (TPSA) is 51.8 Å². The smallest absolute Gasteiger partial charge is 0.325 e. The molecule has 0 radical (unpaired) electrons. The number of aryl methyl sites for hydroxylation is 1. The third-order valence-corrected chi connectivity index (χ3v) is 3.14. The third kappa shape index (κ3) is 3.16. The fourth-order valence-corrected chi connectivity index (χ4v) is 2.17. The monoisotopic (exact) mass is 345 g/mol. The van der Waals surface area contributed by atoms with Gasteiger partial charge in [-0.05, 0) is 31.2 Å². The lowest BCUT2D eigenvalue weighted by molar-refractivity contribution is -0.137. The summed E-state index contributed by atoms with van der Waals surface area (Å²) in [4.78, 5) is 8.15. The molecule has 1 heterocycles. The van der Waals surface area contributed by atoms with Gasteiger partial charge in [0.15, 0.2) is 5.82 Å². The van der Waals surface area contributed by atoms with Crippen molar-refractivity contribution >= 4 is 15.9 Å². The number of hydrogen-bond donors (Lipinski definition) is 1. The van der Waals surface area contributed by atoms with Crippen molar-refractivity contribution in [2.24, 2.45) is 5.73 Å². The Kier molecular flexibility index (Phi) is 4.10. The van der Waals surface area contributed by atoms with Gasteiger partial charge in [-0.25, -0.2) is 9.97 Å². The van der Waals surface area contributed by atoms with E-state index in [1.165, 1.54) is 12.1 Å². The fraction of sp³-hybridized carbons (Fsp3) is 0.231. The van der Waals surface area contributed by atoms with Gasteiger partial charge in [0.05, 0.1) is 11.3 Å². The molecule has 0 bridgehead atoms. The summed E-state index contributed by atoms with van der Waals surface area (Å²) >= 11 is 3.04. The zero-order chi connectivity index (χ0) is 14.9. The zero-order valence-corrected chi connectivity index (χ0v) is 12.1. The minimum Gasteiger partial charge on any atom is -0.325 e. The SMILES string of the molecule is Cc1cc(CN)nc(-c2ccc(Br)cc2C(F)(F)F)n1. The maximum Gasteiger partial charge on any atom is 0.417 e. The molecule has 7 heteroatoms. The molecule has 20 heavy (non-hydrogen) atoms. The standard InChI is InChI=1S/C13H11BrF3N3/c1-7-4-9(6-18)20-12(19-7)10-3-2-8(14)5-11(10)13(15,16)17/h2-5H,6,18H2,1H3. The van der Waals surface area contributed by atoms with Crippen LogP contribution in [0.1, 0.15) is 17.0 Å². The van der Waals surface area contributed by atoms with Gasteiger partial charge < -0.3 is 5.73 Å². The van der Waals surface area contributed by atoms with Gasteiger partial charge in [-0.3, -0.25) is 0 Å². The highest BCUT2D eigenvalue weighted by Gasteiger charge is 2.34. The number of nitrogens with two attached hydrogens (primary N) is 1. The molecule has 2 N–H and O–H groups in total. The van der Waals surface area contributed by atoms with Gasteiger partial charge in [-0.15, -0.1) is 0 Å². The van der Waals surface area contributed by atoms with Gasteiger partial charge in [0.2, 0.25) is 0 Å². The molecule has 0 saturated heterocycles. The third-order valence-electron chi connectivity index (χ3n) is 2.64. The van der Waals surface area contributed by atoms with Crippen LogP contribution in [0.5, 0.6) is 0 Å². The molecule has 0 atom stereocenters. The van der Waals surface area contributed by atoms with E-state index in [1.54, 1.807) is 13.0 Å². The Labute approximate surface area is 122 Å². The van der Waals surface area contributed by atoms with Crippen LogP contribution in [0, 0.1) is 6.92 Å². The Morgan fingerprint density at radius 3 is 2.50 bits per heavy atom. The minimum atomic E-state index is -4.48. The average molecular weight is 346 g/mol. The van der Waals surface area contributed by atoms with Crippen molar-refractivity contribution in [2.45, 2.75) is 19.6 Å². The quantitative estimate of drug-likeness (QED) is 0.902. The first-order valence-electron chi connectivity index (χ1n) is 5.73. The normalized spacial score (nSPS) is 11.7. The Morgan fingerprint density at radius 1 is 1.20 bits per heavy atom. The van der Waals surface area contributed by atoms with E-state index in [2.05, 4.69) is 25.9 Å². The second kappa shape index (κ2) is 5.49. The highest BCUT2D eigenvalue weighted by molar-refractivity contribution is 9.10. The first kappa shape index (κ1) is 14.9. The number of hydrogen-bond acceptors (Lipinski definition) is 3. The number of benzene rings is 1. The van der Waals surface area contributed by atoms with Gasteiger partial charge in [-0.2, -0.15) is 13.2 Å². The summed E-state index contributed by atoms with van der Waals surface area (Å²) in [7, 11) is 0. The second-order valence-corrected chi connectivity index (χ2v) is 5.13. The van der Waals surface area contributed by atoms with Crippen molar-refractivity contribution in [1.29, 1.82) is 0 Å². The molecule has 1 aromatic heterocycles. The van der Waals surface area contributed by atoms with Crippen LogP contribution >= 0.6 is 15.9 Å². The lowest BCUT2D eigenvalue weighted by atomic mass is 10.1. The lowest BCUT2D eigenvalue weighted by Crippen LogP contribution is -2.10. The van der Waals surface area contributed by atoms with Gasteiger partial charge >= 0.3 is 6.18 Å². The molecule has 1 aromatic carbocycles. The fourth-order valence-electron chi connectivity index (χ4n) is 1.80. The zero-order valence-electron chi connectivity index (χ0n) is 10.5. The van der Waals surface area contributed by atoms with Gasteiger partial charge in [0.1, 0.15) is 0 Å². The summed E-state index contributed by atoms with van der Waals surface area (Å²) in [5.74, 6) is 0.0327. The van der Waals surface area contributed by atoms with E-state index in [1.807, 2.05) is 0 Å². The Bertz CT molecular complexity index is 641. The van der Waals surface area contributed by atoms with E-state index < -0.39 is 11.7 Å². The highest BCUT2D eigenvalue weighted by Crippen LogP contribution is 2.37. The summed E-state index contributed by atoms with van der Waals surface area (Å²) in [6.45, 7) is 1.84. The molecule has 2 aromatic rings. The number of halogens is 4. The molecule has 0 amide bonds. The molecular weight excluding hydrogens is 335 g/mol. The predicted octanol–water partition coefficient (Wildman–Crippen LogP) is 3.69. The largest absolute Gasteiger partial charge is 0.417 e. The van der Waals surface area contributed by atoms with Crippen LogP contribution in [-0.2, 0) is 12.7 Å². The van der Waals surface area contributed by atoms with Crippen LogP contribution in [0.4, 0.5) is 13.2 Å². The summed E-state index contributed by atoms with van der Waals surface area (Å²) in [6.07, 6.45) is -4.48. The summed E-state index contributed by atoms with van der Waals surface area (Å²) in [5.41, 5.74) is 5.74. The van der Waals surface area contributed by atoms with Gasteiger partial charge in [-0.1, -0.05) is 15.9 Å². The van der Waals surface area contributed by atoms with E-state index >= 15 is 0 Å². The van der Waals surface area contributed by atoms with E-state index in [9.17, 15) is 13.2 Å². The number of rotatable bonds is 2. The molecule has 106 valence electrons. The van der Waals surface area contributed by atoms with Crippen LogP contribution in [0.15, 0.2) is 28.7 Å². The van der Waals surface area contributed by atoms with Crippen LogP contribution in [0.3, 0.4) is 0 Å². The molecular formula is C13H11BrF3N3. The summed E-state index contributed by atoms with van der Waals surface area (Å²) in [6, 6.07) is 5.54. The second-order valence-electron chi connectivity index (χ2n) is 4.22. The molecule has 3 nitrogen and oxygen atoms in total. The molecule has 0 aliphatic heterocycles. The average Bonchev–Trinajstić information content (AvgIpc) is 2.36. The molecule has 2 rings (SSSR count). The van der Waals surface area contributed by atoms with Crippen molar-refractivity contribution in [3.05, 3.63) is 45.7 Å². The van der Waals surface area contributed by atoms with Crippen LogP contribution in [0.25, 0.3) is 11.4 Å². The molecule has 0 aliphatic rings. The first-order valence-corrected chi connectivity index (χ1v) is 6.52. The Balaban J connectivity index is 2.66. The molecule has 0 unspecified atom stereocenters. The van der Waals surface area contributed by atoms with Crippen molar-refractivity contribution < 1.29 is 13.2 Å². The Hall–Kier alpha value is -1.47. The summed E-state index contributed by atoms with van der Waals surface area (Å²) < 4.78 is 39.6. The first-order chi connectivity index (χ1) is 9.31. The maximum absolute atomic E-state index is 13.1. The van der Waals surface area contributed by atoms with E-state index in [0.717, 1.165) is 6.07 Å². The molecule has 0 saturated carbocycles.